The van der Waals surface area contributed by atoms with E-state index in [4.69, 9.17) is 0 Å². The molecule has 2 aromatic heterocycles. The smallest absolute Gasteiger partial charge is 0.244 e. The Morgan fingerprint density at radius 2 is 2.10 bits per heavy atom. The molecule has 5 nitrogen and oxygen atoms in total. The Hall–Kier alpha value is -2.43. The topological polar surface area (TPSA) is 59.8 Å². The van der Waals surface area contributed by atoms with Crippen molar-refractivity contribution in [3.05, 3.63) is 53.6 Å². The average Bonchev–Trinajstić information content (AvgIpc) is 2.80. The van der Waals surface area contributed by atoms with Gasteiger partial charge in [-0.3, -0.25) is 14.5 Å². The van der Waals surface area contributed by atoms with Gasteiger partial charge in [-0.1, -0.05) is 0 Å². The minimum atomic E-state index is -0.0832. The predicted octanol–water partition coefficient (Wildman–Crippen LogP) is 2.11. The number of nitrogens with zero attached hydrogens (tertiary/aromatic N) is 3. The molecule has 0 saturated heterocycles. The molecule has 0 spiro atoms. The van der Waals surface area contributed by atoms with Gasteiger partial charge in [0, 0.05) is 37.3 Å². The van der Waals surface area contributed by atoms with E-state index in [1.165, 1.54) is 0 Å². The van der Waals surface area contributed by atoms with Crippen LogP contribution >= 0.6 is 0 Å². The molecule has 0 aromatic carbocycles. The van der Waals surface area contributed by atoms with Crippen LogP contribution in [0.5, 0.6) is 0 Å². The number of hydrogen-bond acceptors (Lipinski definition) is 3. The van der Waals surface area contributed by atoms with Gasteiger partial charge in [-0.2, -0.15) is 5.10 Å². The first kappa shape index (κ1) is 15.0. The number of carbonyl (C=O) groups excluding carboxylic acids is 1. The van der Waals surface area contributed by atoms with Gasteiger partial charge in [0.2, 0.25) is 5.91 Å². The molecule has 0 fully saturated rings. The van der Waals surface area contributed by atoms with E-state index >= 15 is 0 Å². The van der Waals surface area contributed by atoms with Crippen LogP contribution in [0.2, 0.25) is 0 Å². The fourth-order valence-electron chi connectivity index (χ4n) is 2.05. The second kappa shape index (κ2) is 7.38. The molecule has 0 aliphatic heterocycles. The first-order valence-corrected chi connectivity index (χ1v) is 7.02. The lowest BCUT2D eigenvalue weighted by Gasteiger charge is -2.05. The highest BCUT2D eigenvalue weighted by Crippen LogP contribution is 2.02. The summed E-state index contributed by atoms with van der Waals surface area (Å²) in [6.45, 7) is 5.47. The number of aryl methyl sites for hydroxylation is 3. The minimum Gasteiger partial charge on any atom is -0.352 e. The third-order valence-electron chi connectivity index (χ3n) is 3.08. The van der Waals surface area contributed by atoms with Crippen LogP contribution in [-0.4, -0.2) is 27.2 Å². The zero-order valence-electron chi connectivity index (χ0n) is 12.4. The molecule has 0 aliphatic carbocycles. The highest BCUT2D eigenvalue weighted by Gasteiger charge is 2.00. The van der Waals surface area contributed by atoms with Gasteiger partial charge >= 0.3 is 0 Å². The Bertz CT molecular complexity index is 616. The van der Waals surface area contributed by atoms with Gasteiger partial charge in [-0.05, 0) is 50.1 Å². The number of pyridine rings is 1. The van der Waals surface area contributed by atoms with E-state index in [-0.39, 0.29) is 5.91 Å². The summed E-state index contributed by atoms with van der Waals surface area (Å²) in [4.78, 5) is 15.6. The van der Waals surface area contributed by atoms with Gasteiger partial charge in [0.25, 0.3) is 0 Å². The standard InChI is InChI=1S/C16H20N4O/c1-13-12-14(2)20(19-13)11-3-8-18-16(21)5-4-15-6-9-17-10-7-15/h4-7,9-10,12H,3,8,11H2,1-2H3,(H,18,21)/b5-4+. The van der Waals surface area contributed by atoms with Crippen LogP contribution < -0.4 is 5.32 Å². The summed E-state index contributed by atoms with van der Waals surface area (Å²) >= 11 is 0. The van der Waals surface area contributed by atoms with Crippen molar-refractivity contribution in [2.24, 2.45) is 0 Å². The molecule has 1 amide bonds. The van der Waals surface area contributed by atoms with Crippen LogP contribution in [0, 0.1) is 13.8 Å². The Morgan fingerprint density at radius 3 is 2.76 bits per heavy atom. The summed E-state index contributed by atoms with van der Waals surface area (Å²) in [5, 5.41) is 7.25. The van der Waals surface area contributed by atoms with Gasteiger partial charge in [0.05, 0.1) is 5.69 Å². The zero-order chi connectivity index (χ0) is 15.1. The lowest BCUT2D eigenvalue weighted by molar-refractivity contribution is -0.116. The maximum absolute atomic E-state index is 11.7. The van der Waals surface area contributed by atoms with E-state index in [1.807, 2.05) is 30.7 Å². The molecule has 0 unspecified atom stereocenters. The van der Waals surface area contributed by atoms with E-state index in [2.05, 4.69) is 21.5 Å². The van der Waals surface area contributed by atoms with Gasteiger partial charge in [-0.25, -0.2) is 0 Å². The summed E-state index contributed by atoms with van der Waals surface area (Å²) in [6, 6.07) is 5.76. The molecular formula is C16H20N4O. The second-order valence-electron chi connectivity index (χ2n) is 4.91. The van der Waals surface area contributed by atoms with E-state index < -0.39 is 0 Å². The minimum absolute atomic E-state index is 0.0832. The number of hydrogen-bond donors (Lipinski definition) is 1. The van der Waals surface area contributed by atoms with Crippen molar-refractivity contribution >= 4 is 12.0 Å². The van der Waals surface area contributed by atoms with E-state index in [0.717, 1.165) is 29.9 Å². The normalized spacial score (nSPS) is 11.0. The van der Waals surface area contributed by atoms with Gasteiger partial charge in [-0.15, -0.1) is 0 Å². The summed E-state index contributed by atoms with van der Waals surface area (Å²) in [6.07, 6.45) is 7.57. The molecule has 0 saturated carbocycles. The molecule has 110 valence electrons. The van der Waals surface area contributed by atoms with Crippen molar-refractivity contribution in [2.75, 3.05) is 6.54 Å². The second-order valence-corrected chi connectivity index (χ2v) is 4.91. The average molecular weight is 284 g/mol. The van der Waals surface area contributed by atoms with Crippen LogP contribution in [0.15, 0.2) is 36.7 Å². The molecule has 0 atom stereocenters. The van der Waals surface area contributed by atoms with Crippen molar-refractivity contribution in [1.82, 2.24) is 20.1 Å². The largest absolute Gasteiger partial charge is 0.352 e. The maximum atomic E-state index is 11.7. The van der Waals surface area contributed by atoms with Crippen molar-refractivity contribution in [2.45, 2.75) is 26.8 Å². The Labute approximate surface area is 124 Å². The summed E-state index contributed by atoms with van der Waals surface area (Å²) in [5.41, 5.74) is 3.14. The fourth-order valence-corrected chi connectivity index (χ4v) is 2.05. The third kappa shape index (κ3) is 4.87. The molecular weight excluding hydrogens is 264 g/mol. The quantitative estimate of drug-likeness (QED) is 0.653. The van der Waals surface area contributed by atoms with Gasteiger partial charge < -0.3 is 5.32 Å². The van der Waals surface area contributed by atoms with Crippen LogP contribution in [0.4, 0.5) is 0 Å². The first-order chi connectivity index (χ1) is 10.1. The molecule has 0 bridgehead atoms. The van der Waals surface area contributed by atoms with Crippen molar-refractivity contribution < 1.29 is 4.79 Å². The van der Waals surface area contributed by atoms with Gasteiger partial charge in [0.1, 0.15) is 0 Å². The molecule has 5 heteroatoms. The van der Waals surface area contributed by atoms with E-state index in [9.17, 15) is 4.79 Å². The highest BCUT2D eigenvalue weighted by molar-refractivity contribution is 5.91. The monoisotopic (exact) mass is 284 g/mol. The zero-order valence-corrected chi connectivity index (χ0v) is 12.4. The molecule has 0 aliphatic rings. The highest BCUT2D eigenvalue weighted by atomic mass is 16.1. The van der Waals surface area contributed by atoms with Crippen molar-refractivity contribution in [3.63, 3.8) is 0 Å². The molecule has 2 aromatic rings. The maximum Gasteiger partial charge on any atom is 0.244 e. The Morgan fingerprint density at radius 1 is 1.33 bits per heavy atom. The third-order valence-corrected chi connectivity index (χ3v) is 3.08. The Balaban J connectivity index is 1.70. The summed E-state index contributed by atoms with van der Waals surface area (Å²) < 4.78 is 1.97. The molecule has 0 radical (unpaired) electrons. The predicted molar refractivity (Wildman–Crippen MR) is 82.6 cm³/mol. The number of aromatic nitrogens is 3. The first-order valence-electron chi connectivity index (χ1n) is 7.02. The van der Waals surface area contributed by atoms with Crippen LogP contribution in [0.25, 0.3) is 6.08 Å². The van der Waals surface area contributed by atoms with Crippen molar-refractivity contribution in [3.8, 4) is 0 Å². The number of rotatable bonds is 6. The Kier molecular flexibility index (Phi) is 5.26. The summed E-state index contributed by atoms with van der Waals surface area (Å²) in [7, 11) is 0. The van der Waals surface area contributed by atoms with E-state index in [0.29, 0.717) is 6.54 Å². The molecule has 2 heterocycles. The lowest BCUT2D eigenvalue weighted by Crippen LogP contribution is -2.23. The lowest BCUT2D eigenvalue weighted by atomic mass is 10.2. The number of amides is 1. The molecule has 1 N–H and O–H groups in total. The van der Waals surface area contributed by atoms with Crippen LogP contribution in [-0.2, 0) is 11.3 Å². The summed E-state index contributed by atoms with van der Waals surface area (Å²) in [5.74, 6) is -0.0832. The fraction of sp³-hybridized carbons (Fsp3) is 0.312. The van der Waals surface area contributed by atoms with Crippen LogP contribution in [0.3, 0.4) is 0 Å². The van der Waals surface area contributed by atoms with E-state index in [1.54, 1.807) is 24.5 Å². The molecule has 21 heavy (non-hydrogen) atoms. The van der Waals surface area contributed by atoms with Crippen molar-refractivity contribution in [1.29, 1.82) is 0 Å². The van der Waals surface area contributed by atoms with Gasteiger partial charge in [0.15, 0.2) is 0 Å². The molecule has 2 rings (SSSR count). The van der Waals surface area contributed by atoms with Crippen LogP contribution in [0.1, 0.15) is 23.4 Å². The number of nitrogens with one attached hydrogen (secondary N) is 1. The SMILES string of the molecule is Cc1cc(C)n(CCCNC(=O)/C=C/c2ccncc2)n1. The number of carbonyl (C=O) groups is 1.